The van der Waals surface area contributed by atoms with E-state index in [1.165, 1.54) is 16.0 Å². The van der Waals surface area contributed by atoms with Gasteiger partial charge < -0.3 is 0 Å². The standard InChI is InChI=1S/C16H21NO2/c1-10-5-7-13(8-6-10)11(2)9-14-12(3)15(18)17(4)16(14)19/h5-8,11-12,14H,9H2,1-4H3. The number of likely N-dealkylation sites (tertiary alicyclic amines) is 1. The van der Waals surface area contributed by atoms with Crippen LogP contribution in [-0.2, 0) is 9.59 Å². The van der Waals surface area contributed by atoms with Crippen LogP contribution in [0.4, 0.5) is 0 Å². The van der Waals surface area contributed by atoms with Crippen molar-refractivity contribution < 1.29 is 9.59 Å². The molecule has 0 bridgehead atoms. The molecule has 0 radical (unpaired) electrons. The fourth-order valence-electron chi connectivity index (χ4n) is 2.77. The van der Waals surface area contributed by atoms with Gasteiger partial charge in [-0.2, -0.15) is 0 Å². The maximum atomic E-state index is 12.1. The zero-order valence-electron chi connectivity index (χ0n) is 12.0. The third kappa shape index (κ3) is 2.55. The van der Waals surface area contributed by atoms with Gasteiger partial charge in [-0.15, -0.1) is 0 Å². The molecule has 1 aromatic rings. The van der Waals surface area contributed by atoms with Gasteiger partial charge in [0.2, 0.25) is 11.8 Å². The van der Waals surface area contributed by atoms with Crippen molar-refractivity contribution in [2.24, 2.45) is 11.8 Å². The Kier molecular flexibility index (Phi) is 3.74. The molecule has 0 spiro atoms. The molecule has 1 fully saturated rings. The summed E-state index contributed by atoms with van der Waals surface area (Å²) >= 11 is 0. The maximum absolute atomic E-state index is 12.1. The lowest BCUT2D eigenvalue weighted by atomic mass is 9.84. The lowest BCUT2D eigenvalue weighted by Crippen LogP contribution is -2.26. The minimum Gasteiger partial charge on any atom is -0.285 e. The highest BCUT2D eigenvalue weighted by Gasteiger charge is 2.43. The molecule has 1 aromatic carbocycles. The first-order valence-corrected chi connectivity index (χ1v) is 6.79. The molecule has 2 amide bonds. The van der Waals surface area contributed by atoms with E-state index in [4.69, 9.17) is 0 Å². The number of amides is 2. The number of hydrogen-bond acceptors (Lipinski definition) is 2. The number of rotatable bonds is 3. The minimum atomic E-state index is -0.189. The van der Waals surface area contributed by atoms with Crippen LogP contribution < -0.4 is 0 Å². The SMILES string of the molecule is Cc1ccc(C(C)CC2C(=O)N(C)C(=O)C2C)cc1. The van der Waals surface area contributed by atoms with Crippen LogP contribution in [0.25, 0.3) is 0 Å². The molecule has 0 N–H and O–H groups in total. The molecule has 1 aliphatic heterocycles. The van der Waals surface area contributed by atoms with Crippen molar-refractivity contribution in [2.45, 2.75) is 33.1 Å². The van der Waals surface area contributed by atoms with E-state index in [9.17, 15) is 9.59 Å². The predicted octanol–water partition coefficient (Wildman–Crippen LogP) is 2.74. The van der Waals surface area contributed by atoms with Crippen molar-refractivity contribution in [3.8, 4) is 0 Å². The molecule has 1 saturated heterocycles. The van der Waals surface area contributed by atoms with E-state index in [0.29, 0.717) is 0 Å². The van der Waals surface area contributed by atoms with Crippen LogP contribution in [0.2, 0.25) is 0 Å². The molecule has 102 valence electrons. The molecule has 0 saturated carbocycles. The Morgan fingerprint density at radius 2 is 1.74 bits per heavy atom. The van der Waals surface area contributed by atoms with E-state index in [0.717, 1.165) is 6.42 Å². The molecule has 19 heavy (non-hydrogen) atoms. The topological polar surface area (TPSA) is 37.4 Å². The maximum Gasteiger partial charge on any atom is 0.232 e. The summed E-state index contributed by atoms with van der Waals surface area (Å²) in [6.45, 7) is 6.04. The Bertz CT molecular complexity index is 492. The first-order chi connectivity index (χ1) is 8.91. The summed E-state index contributed by atoms with van der Waals surface area (Å²) in [6.07, 6.45) is 0.735. The first-order valence-electron chi connectivity index (χ1n) is 6.79. The van der Waals surface area contributed by atoms with Gasteiger partial charge in [-0.3, -0.25) is 14.5 Å². The van der Waals surface area contributed by atoms with Gasteiger partial charge in [-0.1, -0.05) is 43.7 Å². The smallest absolute Gasteiger partial charge is 0.232 e. The number of nitrogens with zero attached hydrogens (tertiary/aromatic N) is 1. The molecule has 2 rings (SSSR count). The van der Waals surface area contributed by atoms with Gasteiger partial charge in [-0.05, 0) is 24.8 Å². The highest BCUT2D eigenvalue weighted by molar-refractivity contribution is 6.04. The molecule has 3 nitrogen and oxygen atoms in total. The van der Waals surface area contributed by atoms with Gasteiger partial charge in [0, 0.05) is 13.0 Å². The van der Waals surface area contributed by atoms with Gasteiger partial charge in [0.05, 0.1) is 5.92 Å². The fourth-order valence-corrected chi connectivity index (χ4v) is 2.77. The summed E-state index contributed by atoms with van der Waals surface area (Å²) in [5, 5.41) is 0. The van der Waals surface area contributed by atoms with Crippen molar-refractivity contribution in [3.05, 3.63) is 35.4 Å². The van der Waals surface area contributed by atoms with E-state index in [2.05, 4.69) is 38.1 Å². The second-order valence-electron chi connectivity index (χ2n) is 5.68. The summed E-state index contributed by atoms with van der Waals surface area (Å²) in [5.74, 6) is -0.155. The van der Waals surface area contributed by atoms with E-state index in [1.54, 1.807) is 7.05 Å². The molecule has 0 aromatic heterocycles. The van der Waals surface area contributed by atoms with Crippen LogP contribution in [0.5, 0.6) is 0 Å². The zero-order chi connectivity index (χ0) is 14.2. The predicted molar refractivity (Wildman–Crippen MR) is 74.6 cm³/mol. The lowest BCUT2D eigenvalue weighted by molar-refractivity contribution is -0.138. The largest absolute Gasteiger partial charge is 0.285 e. The normalized spacial score (nSPS) is 24.9. The minimum absolute atomic E-state index is 0.0311. The van der Waals surface area contributed by atoms with Crippen molar-refractivity contribution >= 4 is 11.8 Å². The number of hydrogen-bond donors (Lipinski definition) is 0. The number of aryl methyl sites for hydroxylation is 1. The molecule has 1 aliphatic rings. The van der Waals surface area contributed by atoms with E-state index < -0.39 is 0 Å². The summed E-state index contributed by atoms with van der Waals surface area (Å²) < 4.78 is 0. The van der Waals surface area contributed by atoms with Crippen LogP contribution >= 0.6 is 0 Å². The molecule has 1 heterocycles. The third-order valence-corrected chi connectivity index (χ3v) is 4.23. The molecule has 3 atom stereocenters. The summed E-state index contributed by atoms with van der Waals surface area (Å²) in [6, 6.07) is 8.39. The van der Waals surface area contributed by atoms with Gasteiger partial charge in [0.1, 0.15) is 0 Å². The average Bonchev–Trinajstić information content (AvgIpc) is 2.57. The fraction of sp³-hybridized carbons (Fsp3) is 0.500. The molecule has 3 unspecified atom stereocenters. The average molecular weight is 259 g/mol. The Hall–Kier alpha value is -1.64. The van der Waals surface area contributed by atoms with Gasteiger partial charge >= 0.3 is 0 Å². The highest BCUT2D eigenvalue weighted by Crippen LogP contribution is 2.33. The van der Waals surface area contributed by atoms with Crippen LogP contribution in [0.1, 0.15) is 37.3 Å². The van der Waals surface area contributed by atoms with Crippen LogP contribution in [0, 0.1) is 18.8 Å². The van der Waals surface area contributed by atoms with Gasteiger partial charge in [0.25, 0.3) is 0 Å². The number of imide groups is 1. The van der Waals surface area contributed by atoms with Crippen molar-refractivity contribution in [1.82, 2.24) is 4.90 Å². The number of benzene rings is 1. The lowest BCUT2D eigenvalue weighted by Gasteiger charge is -2.17. The number of carbonyl (C=O) groups excluding carboxylic acids is 2. The van der Waals surface area contributed by atoms with E-state index >= 15 is 0 Å². The molecular formula is C16H21NO2. The van der Waals surface area contributed by atoms with Crippen LogP contribution in [-0.4, -0.2) is 23.8 Å². The Morgan fingerprint density at radius 3 is 2.21 bits per heavy atom. The Labute approximate surface area is 114 Å². The van der Waals surface area contributed by atoms with Crippen molar-refractivity contribution in [3.63, 3.8) is 0 Å². The third-order valence-electron chi connectivity index (χ3n) is 4.23. The molecular weight excluding hydrogens is 238 g/mol. The molecule has 0 aliphatic carbocycles. The van der Waals surface area contributed by atoms with Gasteiger partial charge in [-0.25, -0.2) is 0 Å². The monoisotopic (exact) mass is 259 g/mol. The highest BCUT2D eigenvalue weighted by atomic mass is 16.2. The van der Waals surface area contributed by atoms with Crippen LogP contribution in [0.15, 0.2) is 24.3 Å². The Morgan fingerprint density at radius 1 is 1.16 bits per heavy atom. The summed E-state index contributed by atoms with van der Waals surface area (Å²) in [4.78, 5) is 25.1. The van der Waals surface area contributed by atoms with Crippen molar-refractivity contribution in [2.75, 3.05) is 7.05 Å². The quantitative estimate of drug-likeness (QED) is 0.783. The van der Waals surface area contributed by atoms with Crippen molar-refractivity contribution in [1.29, 1.82) is 0 Å². The van der Waals surface area contributed by atoms with E-state index in [1.807, 2.05) is 6.92 Å². The summed E-state index contributed by atoms with van der Waals surface area (Å²) in [5.41, 5.74) is 2.46. The Balaban J connectivity index is 2.11. The van der Waals surface area contributed by atoms with Crippen LogP contribution in [0.3, 0.4) is 0 Å². The first kappa shape index (κ1) is 13.8. The second-order valence-corrected chi connectivity index (χ2v) is 5.68. The molecule has 3 heteroatoms. The second kappa shape index (κ2) is 5.16. The summed E-state index contributed by atoms with van der Waals surface area (Å²) in [7, 11) is 1.58. The number of carbonyl (C=O) groups is 2. The van der Waals surface area contributed by atoms with E-state index in [-0.39, 0.29) is 29.6 Å². The zero-order valence-corrected chi connectivity index (χ0v) is 12.0. The van der Waals surface area contributed by atoms with Gasteiger partial charge in [0.15, 0.2) is 0 Å².